The number of likely N-dealkylation sites (tertiary alicyclic amines) is 1. The number of ketones is 1. The normalized spacial score (nSPS) is 17.2. The Bertz CT molecular complexity index is 1280. The summed E-state index contributed by atoms with van der Waals surface area (Å²) in [5.41, 5.74) is 1.19. The van der Waals surface area contributed by atoms with Crippen LogP contribution in [0.3, 0.4) is 0 Å². The number of aliphatic hydroxyl groups excluding tert-OH is 1. The molecule has 0 saturated carbocycles. The van der Waals surface area contributed by atoms with Gasteiger partial charge in [-0.05, 0) is 23.8 Å². The molecule has 7 nitrogen and oxygen atoms in total. The molecule has 4 rings (SSSR count). The Labute approximate surface area is 206 Å². The van der Waals surface area contributed by atoms with E-state index in [0.717, 1.165) is 0 Å². The number of pyridine rings is 1. The van der Waals surface area contributed by atoms with E-state index in [1.807, 2.05) is 6.07 Å². The minimum Gasteiger partial charge on any atom is -0.507 e. The molecule has 1 aliphatic rings. The molecule has 2 heterocycles. The fraction of sp³-hybridized carbons (Fsp3) is 0.160. The molecule has 0 bridgehead atoms. The van der Waals surface area contributed by atoms with Crippen LogP contribution in [0, 0.1) is 0 Å². The molecule has 34 heavy (non-hydrogen) atoms. The number of amides is 1. The number of rotatable bonds is 6. The van der Waals surface area contributed by atoms with Crippen LogP contribution in [0.1, 0.15) is 22.9 Å². The highest BCUT2D eigenvalue weighted by Gasteiger charge is 2.46. The SMILES string of the molecule is COc1c(Cl)cc(/C(O)=C2\C(=O)C(=O)N(Cc3ccccn3)C2c2ccccc2)c(OC)c1Cl. The first-order valence-corrected chi connectivity index (χ1v) is 11.0. The summed E-state index contributed by atoms with van der Waals surface area (Å²) in [6, 6.07) is 14.8. The molecule has 1 fully saturated rings. The lowest BCUT2D eigenvalue weighted by atomic mass is 9.95. The number of hydrogen-bond donors (Lipinski definition) is 1. The Morgan fingerprint density at radius 3 is 2.32 bits per heavy atom. The summed E-state index contributed by atoms with van der Waals surface area (Å²) in [5, 5.41) is 11.5. The molecule has 1 aromatic heterocycles. The minimum absolute atomic E-state index is 0.0259. The standard InChI is InChI=1S/C25H20Cl2N2O5/c1-33-23-16(12-17(26)24(34-2)19(23)27)21(30)18-20(14-8-4-3-5-9-14)29(25(32)22(18)31)13-15-10-6-7-11-28-15/h3-12,20,30H,13H2,1-2H3/b21-18+. The molecule has 9 heteroatoms. The number of halogens is 2. The molecule has 0 radical (unpaired) electrons. The van der Waals surface area contributed by atoms with E-state index in [2.05, 4.69) is 4.98 Å². The summed E-state index contributed by atoms with van der Waals surface area (Å²) < 4.78 is 10.6. The Morgan fingerprint density at radius 2 is 1.71 bits per heavy atom. The van der Waals surface area contributed by atoms with Crippen LogP contribution in [-0.2, 0) is 16.1 Å². The maximum absolute atomic E-state index is 13.2. The molecular formula is C25H20Cl2N2O5. The number of nitrogens with zero attached hydrogens (tertiary/aromatic N) is 2. The Hall–Kier alpha value is -3.55. The molecule has 0 aliphatic carbocycles. The first-order valence-electron chi connectivity index (χ1n) is 10.2. The number of methoxy groups -OCH3 is 2. The van der Waals surface area contributed by atoms with Crippen molar-refractivity contribution in [2.24, 2.45) is 0 Å². The number of carbonyl (C=O) groups excluding carboxylic acids is 2. The van der Waals surface area contributed by atoms with Gasteiger partial charge in [-0.1, -0.05) is 59.6 Å². The molecule has 1 unspecified atom stereocenters. The smallest absolute Gasteiger partial charge is 0.296 e. The Kier molecular flexibility index (Phi) is 6.77. The summed E-state index contributed by atoms with van der Waals surface area (Å²) in [7, 11) is 2.75. The van der Waals surface area contributed by atoms with Crippen LogP contribution < -0.4 is 9.47 Å². The third-order valence-electron chi connectivity index (χ3n) is 5.51. The zero-order valence-electron chi connectivity index (χ0n) is 18.3. The van der Waals surface area contributed by atoms with Crippen LogP contribution in [0.25, 0.3) is 5.76 Å². The van der Waals surface area contributed by atoms with Gasteiger partial charge in [-0.3, -0.25) is 14.6 Å². The molecule has 3 aromatic rings. The van der Waals surface area contributed by atoms with E-state index in [1.165, 1.54) is 25.2 Å². The first-order chi connectivity index (χ1) is 16.4. The van der Waals surface area contributed by atoms with Crippen molar-refractivity contribution in [1.82, 2.24) is 9.88 Å². The van der Waals surface area contributed by atoms with Crippen molar-refractivity contribution in [2.45, 2.75) is 12.6 Å². The number of carbonyl (C=O) groups is 2. The van der Waals surface area contributed by atoms with E-state index in [4.69, 9.17) is 32.7 Å². The summed E-state index contributed by atoms with van der Waals surface area (Å²) in [6.07, 6.45) is 1.61. The lowest BCUT2D eigenvalue weighted by Crippen LogP contribution is -2.29. The number of hydrogen-bond acceptors (Lipinski definition) is 6. The van der Waals surface area contributed by atoms with Gasteiger partial charge in [-0.15, -0.1) is 0 Å². The summed E-state index contributed by atoms with van der Waals surface area (Å²) in [4.78, 5) is 32.0. The van der Waals surface area contributed by atoms with Crippen LogP contribution in [0.2, 0.25) is 10.0 Å². The second kappa shape index (κ2) is 9.75. The minimum atomic E-state index is -0.868. The van der Waals surface area contributed by atoms with Gasteiger partial charge in [0.05, 0.1) is 48.7 Å². The number of aliphatic hydroxyl groups is 1. The molecule has 1 amide bonds. The van der Waals surface area contributed by atoms with Crippen LogP contribution in [-0.4, -0.2) is 40.9 Å². The highest BCUT2D eigenvalue weighted by atomic mass is 35.5. The maximum Gasteiger partial charge on any atom is 0.296 e. The van der Waals surface area contributed by atoms with Gasteiger partial charge in [0.25, 0.3) is 11.7 Å². The van der Waals surface area contributed by atoms with E-state index in [-0.39, 0.29) is 39.2 Å². The first kappa shape index (κ1) is 23.6. The highest BCUT2D eigenvalue weighted by molar-refractivity contribution is 6.47. The monoisotopic (exact) mass is 498 g/mol. The molecule has 174 valence electrons. The third-order valence-corrected chi connectivity index (χ3v) is 6.13. The average molecular weight is 499 g/mol. The molecule has 1 N–H and O–H groups in total. The van der Waals surface area contributed by atoms with Gasteiger partial charge in [-0.25, -0.2) is 0 Å². The van der Waals surface area contributed by atoms with Crippen molar-refractivity contribution in [3.05, 3.63) is 93.2 Å². The van der Waals surface area contributed by atoms with Crippen LogP contribution in [0.4, 0.5) is 0 Å². The fourth-order valence-electron chi connectivity index (χ4n) is 3.98. The van der Waals surface area contributed by atoms with Crippen molar-refractivity contribution >= 4 is 40.7 Å². The zero-order valence-corrected chi connectivity index (χ0v) is 19.8. The van der Waals surface area contributed by atoms with Crippen molar-refractivity contribution in [3.8, 4) is 11.5 Å². The number of ether oxygens (including phenoxy) is 2. The van der Waals surface area contributed by atoms with Crippen LogP contribution in [0.5, 0.6) is 11.5 Å². The molecule has 1 aliphatic heterocycles. The van der Waals surface area contributed by atoms with E-state index in [9.17, 15) is 14.7 Å². The Morgan fingerprint density at radius 1 is 1.03 bits per heavy atom. The highest BCUT2D eigenvalue weighted by Crippen LogP contribution is 2.47. The van der Waals surface area contributed by atoms with Gasteiger partial charge < -0.3 is 19.5 Å². The maximum atomic E-state index is 13.2. The van der Waals surface area contributed by atoms with Gasteiger partial charge >= 0.3 is 0 Å². The van der Waals surface area contributed by atoms with Crippen molar-refractivity contribution < 1.29 is 24.2 Å². The second-order valence-corrected chi connectivity index (χ2v) is 8.23. The second-order valence-electron chi connectivity index (χ2n) is 7.45. The predicted molar refractivity (Wildman–Crippen MR) is 128 cm³/mol. The zero-order chi connectivity index (χ0) is 24.4. The van der Waals surface area contributed by atoms with Gasteiger partial charge in [0.1, 0.15) is 10.8 Å². The van der Waals surface area contributed by atoms with Crippen molar-refractivity contribution in [3.63, 3.8) is 0 Å². The van der Waals surface area contributed by atoms with E-state index in [1.54, 1.807) is 48.7 Å². The quantitative estimate of drug-likeness (QED) is 0.291. The van der Waals surface area contributed by atoms with Gasteiger partial charge in [0.15, 0.2) is 11.5 Å². The van der Waals surface area contributed by atoms with E-state index >= 15 is 0 Å². The van der Waals surface area contributed by atoms with Gasteiger partial charge in [-0.2, -0.15) is 0 Å². The van der Waals surface area contributed by atoms with Crippen LogP contribution in [0.15, 0.2) is 66.4 Å². The third kappa shape index (κ3) is 4.08. The summed E-state index contributed by atoms with van der Waals surface area (Å²) in [5.74, 6) is -1.84. The largest absolute Gasteiger partial charge is 0.507 e. The van der Waals surface area contributed by atoms with E-state index in [0.29, 0.717) is 11.3 Å². The molecular weight excluding hydrogens is 479 g/mol. The summed E-state index contributed by atoms with van der Waals surface area (Å²) >= 11 is 12.7. The summed E-state index contributed by atoms with van der Waals surface area (Å²) in [6.45, 7) is 0.0724. The van der Waals surface area contributed by atoms with E-state index < -0.39 is 23.5 Å². The number of benzene rings is 2. The van der Waals surface area contributed by atoms with Crippen molar-refractivity contribution in [1.29, 1.82) is 0 Å². The topological polar surface area (TPSA) is 89.0 Å². The Balaban J connectivity index is 1.93. The average Bonchev–Trinajstić information content (AvgIpc) is 3.09. The van der Waals surface area contributed by atoms with Crippen LogP contribution >= 0.6 is 23.2 Å². The molecule has 1 atom stereocenters. The number of aromatic nitrogens is 1. The lowest BCUT2D eigenvalue weighted by Gasteiger charge is -2.25. The lowest BCUT2D eigenvalue weighted by molar-refractivity contribution is -0.140. The fourth-order valence-corrected chi connectivity index (χ4v) is 4.67. The van der Waals surface area contributed by atoms with Gasteiger partial charge in [0.2, 0.25) is 0 Å². The van der Waals surface area contributed by atoms with Crippen molar-refractivity contribution in [2.75, 3.05) is 14.2 Å². The predicted octanol–water partition coefficient (Wildman–Crippen LogP) is 5.03. The molecule has 1 saturated heterocycles. The van der Waals surface area contributed by atoms with Gasteiger partial charge in [0, 0.05) is 6.20 Å². The molecule has 2 aromatic carbocycles. The number of Topliss-reactive ketones (excluding diaryl/α,β-unsaturated/α-hetero) is 1. The molecule has 0 spiro atoms.